The van der Waals surface area contributed by atoms with Crippen molar-refractivity contribution < 1.29 is 26.8 Å². The summed E-state index contributed by atoms with van der Waals surface area (Å²) in [6.07, 6.45) is -2.45. The minimum absolute atomic E-state index is 0.0267. The van der Waals surface area contributed by atoms with Gasteiger partial charge >= 0.3 is 11.9 Å². The minimum Gasteiger partial charge on any atom is -0.488 e. The number of H-pyrrole nitrogens is 1. The van der Waals surface area contributed by atoms with E-state index in [4.69, 9.17) is 4.74 Å². The van der Waals surface area contributed by atoms with Gasteiger partial charge in [0.15, 0.2) is 5.82 Å². The highest BCUT2D eigenvalue weighted by molar-refractivity contribution is 7.11. The third kappa shape index (κ3) is 4.10. The van der Waals surface area contributed by atoms with Crippen LogP contribution in [0.5, 0.6) is 5.75 Å². The standard InChI is InChI=1S/C20H19F4N3O3S/c1-11-15(31-17(25-11)19(20(22,23)24)7-3-2-4-8-19)10-29-12-5-6-13(14(21)9-12)16-26-18(28)30-27-16/h5-6,9H,2-4,7-8,10H2,1H3,(H,26,27,28). The number of halogens is 4. The maximum Gasteiger partial charge on any atom is 0.439 e. The molecule has 0 bridgehead atoms. The Labute approximate surface area is 178 Å². The summed E-state index contributed by atoms with van der Waals surface area (Å²) < 4.78 is 66.2. The maximum atomic E-state index is 14.4. The highest BCUT2D eigenvalue weighted by Gasteiger charge is 2.57. The van der Waals surface area contributed by atoms with E-state index in [1.54, 1.807) is 6.92 Å². The van der Waals surface area contributed by atoms with Gasteiger partial charge in [0.05, 0.1) is 16.1 Å². The molecule has 0 atom stereocenters. The first-order chi connectivity index (χ1) is 14.7. The number of nitrogens with one attached hydrogen (secondary N) is 1. The molecule has 0 radical (unpaired) electrons. The number of thiazole rings is 1. The summed E-state index contributed by atoms with van der Waals surface area (Å²) in [6.45, 7) is 1.62. The van der Waals surface area contributed by atoms with Crippen LogP contribution < -0.4 is 10.5 Å². The molecule has 1 N–H and O–H groups in total. The molecule has 0 amide bonds. The number of aromatic nitrogens is 3. The number of benzene rings is 1. The quantitative estimate of drug-likeness (QED) is 0.528. The molecule has 3 aromatic rings. The van der Waals surface area contributed by atoms with Gasteiger partial charge in [-0.15, -0.1) is 11.3 Å². The lowest BCUT2D eigenvalue weighted by Gasteiger charge is -2.37. The van der Waals surface area contributed by atoms with Crippen LogP contribution in [0.1, 0.15) is 47.7 Å². The largest absolute Gasteiger partial charge is 0.488 e. The smallest absolute Gasteiger partial charge is 0.439 e. The van der Waals surface area contributed by atoms with Crippen molar-refractivity contribution in [1.82, 2.24) is 15.1 Å². The highest BCUT2D eigenvalue weighted by atomic mass is 32.1. The zero-order valence-corrected chi connectivity index (χ0v) is 17.3. The highest BCUT2D eigenvalue weighted by Crippen LogP contribution is 2.52. The van der Waals surface area contributed by atoms with E-state index in [2.05, 4.69) is 19.6 Å². The molecule has 0 aliphatic heterocycles. The number of alkyl halides is 3. The molecule has 1 aliphatic carbocycles. The Kier molecular flexibility index (Phi) is 5.63. The van der Waals surface area contributed by atoms with Crippen molar-refractivity contribution in [2.75, 3.05) is 0 Å². The molecule has 0 spiro atoms. The van der Waals surface area contributed by atoms with E-state index in [9.17, 15) is 22.4 Å². The lowest BCUT2D eigenvalue weighted by atomic mass is 9.74. The third-order valence-electron chi connectivity index (χ3n) is 5.56. The first kappa shape index (κ1) is 21.5. The van der Waals surface area contributed by atoms with Crippen molar-refractivity contribution >= 4 is 11.3 Å². The molecule has 1 saturated carbocycles. The van der Waals surface area contributed by atoms with Crippen molar-refractivity contribution in [1.29, 1.82) is 0 Å². The lowest BCUT2D eigenvalue weighted by Crippen LogP contribution is -2.43. The van der Waals surface area contributed by atoms with Gasteiger partial charge in [-0.05, 0) is 31.9 Å². The van der Waals surface area contributed by atoms with Crippen molar-refractivity contribution in [3.63, 3.8) is 0 Å². The number of aryl methyl sites for hydroxylation is 1. The van der Waals surface area contributed by atoms with Crippen LogP contribution in [0.4, 0.5) is 17.6 Å². The number of ether oxygens (including phenoxy) is 1. The molecule has 0 unspecified atom stereocenters. The fraction of sp³-hybridized carbons (Fsp3) is 0.450. The predicted molar refractivity (Wildman–Crippen MR) is 105 cm³/mol. The van der Waals surface area contributed by atoms with E-state index in [-0.39, 0.29) is 41.6 Å². The summed E-state index contributed by atoms with van der Waals surface area (Å²) in [6, 6.07) is 3.95. The van der Waals surface area contributed by atoms with E-state index < -0.39 is 23.2 Å². The Hall–Kier alpha value is -2.69. The fourth-order valence-corrected chi connectivity index (χ4v) is 5.06. The van der Waals surface area contributed by atoms with Gasteiger partial charge in [0, 0.05) is 6.07 Å². The zero-order valence-electron chi connectivity index (χ0n) is 16.5. The molecule has 166 valence electrons. The Morgan fingerprint density at radius 1 is 1.26 bits per heavy atom. The summed E-state index contributed by atoms with van der Waals surface area (Å²) in [5.41, 5.74) is -1.40. The van der Waals surface area contributed by atoms with Crippen LogP contribution >= 0.6 is 11.3 Å². The minimum atomic E-state index is -4.36. The average Bonchev–Trinajstić information content (AvgIpc) is 3.32. The van der Waals surface area contributed by atoms with Crippen molar-refractivity contribution in [3.05, 3.63) is 50.1 Å². The maximum absolute atomic E-state index is 14.4. The zero-order chi connectivity index (χ0) is 22.2. The molecule has 11 heteroatoms. The van der Waals surface area contributed by atoms with Crippen LogP contribution in [-0.2, 0) is 12.0 Å². The number of rotatable bonds is 5. The van der Waals surface area contributed by atoms with Gasteiger partial charge in [-0.3, -0.25) is 9.51 Å². The summed E-state index contributed by atoms with van der Waals surface area (Å²) in [5.74, 6) is -1.37. The molecule has 2 aromatic heterocycles. The van der Waals surface area contributed by atoms with Crippen LogP contribution in [0, 0.1) is 12.7 Å². The van der Waals surface area contributed by atoms with E-state index in [0.717, 1.165) is 23.8 Å². The van der Waals surface area contributed by atoms with Crippen molar-refractivity contribution in [2.45, 2.75) is 57.2 Å². The molecule has 0 saturated heterocycles. The van der Waals surface area contributed by atoms with Gasteiger partial charge in [-0.25, -0.2) is 14.2 Å². The van der Waals surface area contributed by atoms with E-state index >= 15 is 0 Å². The van der Waals surface area contributed by atoms with Crippen LogP contribution in [0.15, 0.2) is 27.5 Å². The van der Waals surface area contributed by atoms with E-state index in [1.807, 2.05) is 0 Å². The van der Waals surface area contributed by atoms with Crippen molar-refractivity contribution in [3.8, 4) is 17.1 Å². The molecule has 31 heavy (non-hydrogen) atoms. The molecule has 2 heterocycles. The van der Waals surface area contributed by atoms with Gasteiger partial charge in [-0.2, -0.15) is 13.2 Å². The van der Waals surface area contributed by atoms with Gasteiger partial charge in [0.25, 0.3) is 0 Å². The van der Waals surface area contributed by atoms with Gasteiger partial charge in [0.2, 0.25) is 0 Å². The van der Waals surface area contributed by atoms with Crippen LogP contribution in [0.3, 0.4) is 0 Å². The second-order valence-electron chi connectivity index (χ2n) is 7.54. The topological polar surface area (TPSA) is 81.0 Å². The number of hydrogen-bond acceptors (Lipinski definition) is 6. The summed E-state index contributed by atoms with van der Waals surface area (Å²) in [4.78, 5) is 18.1. The number of nitrogens with zero attached hydrogens (tertiary/aromatic N) is 2. The van der Waals surface area contributed by atoms with Gasteiger partial charge < -0.3 is 4.74 Å². The Morgan fingerprint density at radius 2 is 2.00 bits per heavy atom. The van der Waals surface area contributed by atoms with Crippen molar-refractivity contribution in [2.24, 2.45) is 0 Å². The Balaban J connectivity index is 1.53. The van der Waals surface area contributed by atoms with Crippen LogP contribution in [0.25, 0.3) is 11.4 Å². The summed E-state index contributed by atoms with van der Waals surface area (Å²) in [7, 11) is 0. The van der Waals surface area contributed by atoms with Crippen LogP contribution in [-0.4, -0.2) is 21.3 Å². The summed E-state index contributed by atoms with van der Waals surface area (Å²) >= 11 is 1.01. The van der Waals surface area contributed by atoms with Gasteiger partial charge in [-0.1, -0.05) is 24.4 Å². The average molecular weight is 457 g/mol. The first-order valence-electron chi connectivity index (χ1n) is 9.72. The fourth-order valence-electron chi connectivity index (χ4n) is 3.81. The van der Waals surface area contributed by atoms with E-state index in [0.29, 0.717) is 23.4 Å². The Bertz CT molecular complexity index is 1130. The van der Waals surface area contributed by atoms with Gasteiger partial charge in [0.1, 0.15) is 28.6 Å². The molecule has 1 aliphatic rings. The molecule has 1 aromatic carbocycles. The molecular formula is C20H19F4N3O3S. The lowest BCUT2D eigenvalue weighted by molar-refractivity contribution is -0.199. The van der Waals surface area contributed by atoms with Crippen LogP contribution in [0.2, 0.25) is 0 Å². The Morgan fingerprint density at radius 3 is 2.61 bits per heavy atom. The normalized spacial score (nSPS) is 16.4. The molecular weight excluding hydrogens is 438 g/mol. The monoisotopic (exact) mass is 457 g/mol. The first-order valence-corrected chi connectivity index (χ1v) is 10.5. The number of hydrogen-bond donors (Lipinski definition) is 1. The predicted octanol–water partition coefficient (Wildman–Crippen LogP) is 5.28. The van der Waals surface area contributed by atoms with E-state index in [1.165, 1.54) is 12.1 Å². The second kappa shape index (κ2) is 8.10. The summed E-state index contributed by atoms with van der Waals surface area (Å²) in [5, 5.41) is 3.51. The SMILES string of the molecule is Cc1nc(C2(C(F)(F)F)CCCCC2)sc1COc1ccc(-c2noc(=O)[nH]2)c(F)c1. The molecule has 1 fully saturated rings. The second-order valence-corrected chi connectivity index (χ2v) is 8.63. The third-order valence-corrected chi connectivity index (χ3v) is 6.89. The number of aromatic amines is 1. The molecule has 6 nitrogen and oxygen atoms in total. The molecule has 4 rings (SSSR count).